The van der Waals surface area contributed by atoms with E-state index in [2.05, 4.69) is 33.4 Å². The minimum absolute atomic E-state index is 0. The molecule has 0 saturated heterocycles. The van der Waals surface area contributed by atoms with Crippen molar-refractivity contribution >= 4 is 5.78 Å². The topological polar surface area (TPSA) is 37.3 Å². The van der Waals surface area contributed by atoms with Gasteiger partial charge in [0.2, 0.25) is 5.76 Å². The molecule has 0 aromatic heterocycles. The zero-order valence-electron chi connectivity index (χ0n) is 12.9. The third-order valence-corrected chi connectivity index (χ3v) is 3.38. The standard InChI is InChI=1S/C9H18.C5H2F6O2.Ag/c1-5-9(6-2,7-3)8-4;6-4(7,8)2(12)1-3(13)5(9,10)11;/h5H,1,6-8H2,2-4H3;1,12H;/b;2-1-;. The number of carbonyl (C=O) groups excluding carboxylic acids is 1. The van der Waals surface area contributed by atoms with Gasteiger partial charge in [-0.25, -0.2) is 0 Å². The van der Waals surface area contributed by atoms with Crippen molar-refractivity contribution in [2.45, 2.75) is 52.4 Å². The number of hydrogen-bond donors (Lipinski definition) is 1. The van der Waals surface area contributed by atoms with Crippen LogP contribution in [0.1, 0.15) is 40.0 Å². The third-order valence-electron chi connectivity index (χ3n) is 3.38. The zero-order chi connectivity index (χ0) is 18.2. The Bertz CT molecular complexity index is 387. The summed E-state index contributed by atoms with van der Waals surface area (Å²) < 4.78 is 68.1. The van der Waals surface area contributed by atoms with Crippen LogP contribution < -0.4 is 0 Å². The van der Waals surface area contributed by atoms with Gasteiger partial charge in [0.05, 0.1) is 0 Å². The minimum Gasteiger partial charge on any atom is -0.504 e. The number of rotatable bonds is 5. The van der Waals surface area contributed by atoms with Gasteiger partial charge in [-0.05, 0) is 24.7 Å². The molecule has 0 unspecified atom stereocenters. The van der Waals surface area contributed by atoms with Crippen LogP contribution in [-0.4, -0.2) is 23.2 Å². The second kappa shape index (κ2) is 10.9. The number of aliphatic hydroxyl groups excluding tert-OH is 1. The van der Waals surface area contributed by atoms with E-state index in [0.29, 0.717) is 5.41 Å². The molecular weight excluding hydrogens is 422 g/mol. The average molecular weight is 442 g/mol. The van der Waals surface area contributed by atoms with Gasteiger partial charge in [0.15, 0.2) is 0 Å². The van der Waals surface area contributed by atoms with Crippen molar-refractivity contribution in [3.05, 3.63) is 24.5 Å². The van der Waals surface area contributed by atoms with Gasteiger partial charge in [-0.3, -0.25) is 4.79 Å². The van der Waals surface area contributed by atoms with Crippen molar-refractivity contribution < 1.29 is 58.6 Å². The van der Waals surface area contributed by atoms with Gasteiger partial charge >= 0.3 is 12.4 Å². The van der Waals surface area contributed by atoms with Gasteiger partial charge < -0.3 is 5.11 Å². The quantitative estimate of drug-likeness (QED) is 0.201. The molecule has 0 saturated carbocycles. The Morgan fingerprint density at radius 1 is 0.957 bits per heavy atom. The molecule has 1 radical (unpaired) electrons. The Kier molecular flexibility index (Phi) is 12.9. The predicted octanol–water partition coefficient (Wildman–Crippen LogP) is 5.51. The summed E-state index contributed by atoms with van der Waals surface area (Å²) in [4.78, 5) is 9.86. The molecule has 0 heterocycles. The molecular formula is C14H20AgF6O2. The van der Waals surface area contributed by atoms with Crippen LogP contribution in [-0.2, 0) is 27.2 Å². The molecule has 141 valence electrons. The fourth-order valence-electron chi connectivity index (χ4n) is 1.47. The Morgan fingerprint density at radius 3 is 1.43 bits per heavy atom. The molecule has 0 fully saturated rings. The van der Waals surface area contributed by atoms with Crippen molar-refractivity contribution in [3.63, 3.8) is 0 Å². The molecule has 0 aliphatic heterocycles. The van der Waals surface area contributed by atoms with Crippen molar-refractivity contribution in [1.29, 1.82) is 0 Å². The van der Waals surface area contributed by atoms with Crippen LogP contribution in [0.5, 0.6) is 0 Å². The van der Waals surface area contributed by atoms with Crippen LogP contribution in [0.2, 0.25) is 0 Å². The molecule has 0 aliphatic carbocycles. The molecule has 0 aromatic carbocycles. The molecule has 0 aliphatic rings. The van der Waals surface area contributed by atoms with Crippen LogP contribution >= 0.6 is 0 Å². The molecule has 9 heteroatoms. The van der Waals surface area contributed by atoms with Gasteiger partial charge in [-0.1, -0.05) is 26.8 Å². The summed E-state index contributed by atoms with van der Waals surface area (Å²) >= 11 is 0. The molecule has 23 heavy (non-hydrogen) atoms. The van der Waals surface area contributed by atoms with Crippen LogP contribution in [0.4, 0.5) is 26.3 Å². The maximum absolute atomic E-state index is 11.4. The number of alkyl halides is 6. The number of aliphatic hydroxyl groups is 1. The van der Waals surface area contributed by atoms with E-state index in [0.717, 1.165) is 0 Å². The second-order valence-electron chi connectivity index (χ2n) is 4.52. The van der Waals surface area contributed by atoms with Crippen LogP contribution in [0, 0.1) is 5.41 Å². The predicted molar refractivity (Wildman–Crippen MR) is 71.3 cm³/mol. The summed E-state index contributed by atoms with van der Waals surface area (Å²) in [5.41, 5.74) is 0.431. The smallest absolute Gasteiger partial charge is 0.454 e. The monoisotopic (exact) mass is 441 g/mol. The van der Waals surface area contributed by atoms with E-state index in [1.54, 1.807) is 0 Å². The largest absolute Gasteiger partial charge is 0.504 e. The van der Waals surface area contributed by atoms with Gasteiger partial charge in [0.1, 0.15) is 0 Å². The minimum atomic E-state index is -5.42. The van der Waals surface area contributed by atoms with E-state index in [-0.39, 0.29) is 22.4 Å². The molecule has 0 amide bonds. The molecule has 1 N–H and O–H groups in total. The summed E-state index contributed by atoms with van der Waals surface area (Å²) in [6, 6.07) is 0. The Balaban J connectivity index is -0.000000354. The van der Waals surface area contributed by atoms with Gasteiger partial charge in [0.25, 0.3) is 5.78 Å². The summed E-state index contributed by atoms with van der Waals surface area (Å²) in [6.07, 6.45) is -5.90. The number of allylic oxidation sites excluding steroid dienone is 3. The number of hydrogen-bond acceptors (Lipinski definition) is 2. The fourth-order valence-corrected chi connectivity index (χ4v) is 1.47. The molecule has 0 atom stereocenters. The van der Waals surface area contributed by atoms with E-state index in [1.165, 1.54) is 19.3 Å². The summed E-state index contributed by atoms with van der Waals surface area (Å²) in [5, 5.41) is 7.93. The summed E-state index contributed by atoms with van der Waals surface area (Å²) in [6.45, 7) is 10.5. The number of carbonyl (C=O) groups is 1. The van der Waals surface area contributed by atoms with Gasteiger partial charge in [-0.15, -0.1) is 6.58 Å². The van der Waals surface area contributed by atoms with E-state index in [1.807, 2.05) is 0 Å². The summed E-state index contributed by atoms with van der Waals surface area (Å²) in [5.74, 6) is -5.34. The first kappa shape index (κ1) is 27.1. The maximum atomic E-state index is 11.4. The summed E-state index contributed by atoms with van der Waals surface area (Å²) in [7, 11) is 0. The third kappa shape index (κ3) is 10.6. The molecule has 0 bridgehead atoms. The van der Waals surface area contributed by atoms with Gasteiger partial charge in [0, 0.05) is 28.5 Å². The Morgan fingerprint density at radius 2 is 1.30 bits per heavy atom. The van der Waals surface area contributed by atoms with Crippen LogP contribution in [0.25, 0.3) is 0 Å². The van der Waals surface area contributed by atoms with Crippen molar-refractivity contribution in [3.8, 4) is 0 Å². The van der Waals surface area contributed by atoms with E-state index < -0.39 is 30.0 Å². The molecule has 2 nitrogen and oxygen atoms in total. The Labute approximate surface area is 147 Å². The maximum Gasteiger partial charge on any atom is 0.454 e. The molecule has 0 rings (SSSR count). The van der Waals surface area contributed by atoms with E-state index in [9.17, 15) is 31.1 Å². The van der Waals surface area contributed by atoms with E-state index >= 15 is 0 Å². The first-order valence-corrected chi connectivity index (χ1v) is 6.52. The second-order valence-corrected chi connectivity index (χ2v) is 4.52. The molecule has 0 aromatic rings. The first-order chi connectivity index (χ1) is 9.79. The first-order valence-electron chi connectivity index (χ1n) is 6.52. The van der Waals surface area contributed by atoms with Crippen molar-refractivity contribution in [2.75, 3.05) is 0 Å². The number of halogens is 6. The van der Waals surface area contributed by atoms with Gasteiger partial charge in [-0.2, -0.15) is 26.3 Å². The zero-order valence-corrected chi connectivity index (χ0v) is 14.4. The fraction of sp³-hybridized carbons (Fsp3) is 0.643. The van der Waals surface area contributed by atoms with E-state index in [4.69, 9.17) is 5.11 Å². The van der Waals surface area contributed by atoms with Crippen LogP contribution in [0.3, 0.4) is 0 Å². The SMILES string of the molecule is C=CC(CC)(CC)CC.O=C(/C=C(\O)C(F)(F)F)C(F)(F)F.[Ag]. The average Bonchev–Trinajstić information content (AvgIpc) is 2.40. The normalized spacial score (nSPS) is 12.7. The van der Waals surface area contributed by atoms with Crippen LogP contribution in [0.15, 0.2) is 24.5 Å². The van der Waals surface area contributed by atoms with Crippen molar-refractivity contribution in [1.82, 2.24) is 0 Å². The molecule has 0 spiro atoms. The Hall–Kier alpha value is -0.730. The number of ketones is 1. The van der Waals surface area contributed by atoms with Crippen molar-refractivity contribution in [2.24, 2.45) is 5.41 Å².